The van der Waals surface area contributed by atoms with Crippen LogP contribution < -0.4 is 4.74 Å². The molecular formula is C15H23IO4. The SMILES string of the molecule is COCCCOCCOC(CI)c1ccc(OC)cc1. The summed E-state index contributed by atoms with van der Waals surface area (Å²) in [5.41, 5.74) is 1.17. The van der Waals surface area contributed by atoms with Gasteiger partial charge in [0, 0.05) is 24.8 Å². The lowest BCUT2D eigenvalue weighted by atomic mass is 10.1. The summed E-state index contributed by atoms with van der Waals surface area (Å²) in [5, 5.41) is 0. The molecule has 0 aliphatic heterocycles. The summed E-state index contributed by atoms with van der Waals surface area (Å²) in [6.45, 7) is 2.68. The van der Waals surface area contributed by atoms with Crippen molar-refractivity contribution in [3.63, 3.8) is 0 Å². The summed E-state index contributed by atoms with van der Waals surface area (Å²) in [4.78, 5) is 0. The number of rotatable bonds is 11. The van der Waals surface area contributed by atoms with Gasteiger partial charge in [0.05, 0.1) is 26.4 Å². The van der Waals surface area contributed by atoms with Crippen molar-refractivity contribution in [2.45, 2.75) is 12.5 Å². The van der Waals surface area contributed by atoms with E-state index in [0.717, 1.165) is 23.2 Å². The molecule has 0 fully saturated rings. The van der Waals surface area contributed by atoms with Crippen molar-refractivity contribution in [1.29, 1.82) is 0 Å². The fraction of sp³-hybridized carbons (Fsp3) is 0.600. The van der Waals surface area contributed by atoms with Crippen LogP contribution in [0, 0.1) is 0 Å². The summed E-state index contributed by atoms with van der Waals surface area (Å²) >= 11 is 2.34. The number of methoxy groups -OCH3 is 2. The van der Waals surface area contributed by atoms with Crippen molar-refractivity contribution >= 4 is 22.6 Å². The minimum absolute atomic E-state index is 0.101. The van der Waals surface area contributed by atoms with E-state index in [1.54, 1.807) is 14.2 Å². The minimum atomic E-state index is 0.101. The molecule has 1 atom stereocenters. The quantitative estimate of drug-likeness (QED) is 0.328. The highest BCUT2D eigenvalue weighted by Gasteiger charge is 2.10. The third-order valence-corrected chi connectivity index (χ3v) is 3.61. The highest BCUT2D eigenvalue weighted by Crippen LogP contribution is 2.22. The van der Waals surface area contributed by atoms with Crippen molar-refractivity contribution in [2.24, 2.45) is 0 Å². The van der Waals surface area contributed by atoms with Gasteiger partial charge < -0.3 is 18.9 Å². The van der Waals surface area contributed by atoms with Gasteiger partial charge in [0.25, 0.3) is 0 Å². The van der Waals surface area contributed by atoms with E-state index >= 15 is 0 Å². The van der Waals surface area contributed by atoms with E-state index in [-0.39, 0.29) is 6.10 Å². The Kier molecular flexibility index (Phi) is 10.00. The number of hydrogen-bond donors (Lipinski definition) is 0. The van der Waals surface area contributed by atoms with Crippen LogP contribution in [-0.2, 0) is 14.2 Å². The van der Waals surface area contributed by atoms with Gasteiger partial charge in [0.15, 0.2) is 0 Å². The molecule has 0 N–H and O–H groups in total. The van der Waals surface area contributed by atoms with Gasteiger partial charge in [-0.2, -0.15) is 0 Å². The third kappa shape index (κ3) is 6.88. The molecule has 4 nitrogen and oxygen atoms in total. The van der Waals surface area contributed by atoms with E-state index < -0.39 is 0 Å². The largest absolute Gasteiger partial charge is 0.497 e. The maximum absolute atomic E-state index is 5.85. The Hall–Kier alpha value is -0.370. The van der Waals surface area contributed by atoms with Crippen LogP contribution in [0.3, 0.4) is 0 Å². The van der Waals surface area contributed by atoms with Crippen molar-refractivity contribution in [3.8, 4) is 5.75 Å². The van der Waals surface area contributed by atoms with Gasteiger partial charge >= 0.3 is 0 Å². The van der Waals surface area contributed by atoms with Crippen molar-refractivity contribution in [2.75, 3.05) is 45.1 Å². The first kappa shape index (κ1) is 17.7. The van der Waals surface area contributed by atoms with Crippen molar-refractivity contribution < 1.29 is 18.9 Å². The summed E-state index contributed by atoms with van der Waals surface area (Å²) in [7, 11) is 3.37. The molecular weight excluding hydrogens is 371 g/mol. The van der Waals surface area contributed by atoms with Crippen LogP contribution in [0.25, 0.3) is 0 Å². The van der Waals surface area contributed by atoms with Crippen LogP contribution in [-0.4, -0.2) is 45.1 Å². The minimum Gasteiger partial charge on any atom is -0.497 e. The first-order chi connectivity index (χ1) is 9.81. The van der Waals surface area contributed by atoms with Crippen LogP contribution in [0.5, 0.6) is 5.75 Å². The van der Waals surface area contributed by atoms with Gasteiger partial charge in [-0.25, -0.2) is 0 Å². The zero-order valence-electron chi connectivity index (χ0n) is 12.1. The second kappa shape index (κ2) is 11.3. The highest BCUT2D eigenvalue weighted by molar-refractivity contribution is 14.1. The molecule has 0 bridgehead atoms. The van der Waals surface area contributed by atoms with E-state index in [0.29, 0.717) is 19.8 Å². The average Bonchev–Trinajstić information content (AvgIpc) is 2.50. The summed E-state index contributed by atoms with van der Waals surface area (Å²) in [6.07, 6.45) is 1.02. The summed E-state index contributed by atoms with van der Waals surface area (Å²) in [6, 6.07) is 8.00. The van der Waals surface area contributed by atoms with Gasteiger partial charge in [0.2, 0.25) is 0 Å². The average molecular weight is 394 g/mol. The van der Waals surface area contributed by atoms with Gasteiger partial charge in [-0.1, -0.05) is 34.7 Å². The first-order valence-corrected chi connectivity index (χ1v) is 8.22. The molecule has 0 spiro atoms. The second-order valence-corrected chi connectivity index (χ2v) is 5.13. The van der Waals surface area contributed by atoms with Crippen molar-refractivity contribution in [1.82, 2.24) is 0 Å². The van der Waals surface area contributed by atoms with E-state index in [4.69, 9.17) is 18.9 Å². The topological polar surface area (TPSA) is 36.9 Å². The van der Waals surface area contributed by atoms with Crippen molar-refractivity contribution in [3.05, 3.63) is 29.8 Å². The maximum atomic E-state index is 5.85. The molecule has 0 heterocycles. The molecule has 0 saturated carbocycles. The lowest BCUT2D eigenvalue weighted by Crippen LogP contribution is -2.12. The van der Waals surface area contributed by atoms with Crippen LogP contribution in [0.4, 0.5) is 0 Å². The number of alkyl halides is 1. The Morgan fingerprint density at radius 3 is 2.35 bits per heavy atom. The van der Waals surface area contributed by atoms with Crippen LogP contribution in [0.1, 0.15) is 18.1 Å². The molecule has 5 heteroatoms. The Balaban J connectivity index is 2.24. The number of benzene rings is 1. The normalized spacial score (nSPS) is 12.3. The molecule has 0 amide bonds. The monoisotopic (exact) mass is 394 g/mol. The molecule has 0 aliphatic carbocycles. The zero-order chi connectivity index (χ0) is 14.6. The fourth-order valence-corrected chi connectivity index (χ4v) is 2.47. The van der Waals surface area contributed by atoms with E-state index in [1.807, 2.05) is 24.3 Å². The molecule has 0 saturated heterocycles. The fourth-order valence-electron chi connectivity index (χ4n) is 1.71. The first-order valence-electron chi connectivity index (χ1n) is 6.70. The lowest BCUT2D eigenvalue weighted by molar-refractivity contribution is 0.0104. The predicted octanol–water partition coefficient (Wildman–Crippen LogP) is 3.24. The number of halogens is 1. The summed E-state index contributed by atoms with van der Waals surface area (Å²) < 4.78 is 22.4. The van der Waals surface area contributed by atoms with E-state index in [9.17, 15) is 0 Å². The Labute approximate surface area is 134 Å². The Morgan fingerprint density at radius 2 is 1.75 bits per heavy atom. The van der Waals surface area contributed by atoms with Crippen LogP contribution >= 0.6 is 22.6 Å². The molecule has 114 valence electrons. The molecule has 0 aromatic heterocycles. The third-order valence-electron chi connectivity index (χ3n) is 2.81. The van der Waals surface area contributed by atoms with E-state index in [1.165, 1.54) is 5.56 Å². The second-order valence-electron chi connectivity index (χ2n) is 4.25. The highest BCUT2D eigenvalue weighted by atomic mass is 127. The van der Waals surface area contributed by atoms with Gasteiger partial charge in [-0.05, 0) is 24.1 Å². The maximum Gasteiger partial charge on any atom is 0.118 e. The van der Waals surface area contributed by atoms with Gasteiger partial charge in [-0.15, -0.1) is 0 Å². The van der Waals surface area contributed by atoms with E-state index in [2.05, 4.69) is 22.6 Å². The summed E-state index contributed by atoms with van der Waals surface area (Å²) in [5.74, 6) is 0.863. The van der Waals surface area contributed by atoms with Crippen LogP contribution in [0.15, 0.2) is 24.3 Å². The molecule has 1 unspecified atom stereocenters. The molecule has 1 aromatic carbocycles. The molecule has 0 aliphatic rings. The predicted molar refractivity (Wildman–Crippen MR) is 87.9 cm³/mol. The van der Waals surface area contributed by atoms with Gasteiger partial charge in [-0.3, -0.25) is 0 Å². The zero-order valence-corrected chi connectivity index (χ0v) is 14.3. The molecule has 1 rings (SSSR count). The molecule has 20 heavy (non-hydrogen) atoms. The Morgan fingerprint density at radius 1 is 1.00 bits per heavy atom. The lowest BCUT2D eigenvalue weighted by Gasteiger charge is -2.16. The number of hydrogen-bond acceptors (Lipinski definition) is 4. The standard InChI is InChI=1S/C15H23IO4/c1-17-8-3-9-19-10-11-20-15(12-16)13-4-6-14(18-2)7-5-13/h4-7,15H,3,8-12H2,1-2H3. The Bertz CT molecular complexity index is 342. The molecule has 0 radical (unpaired) electrons. The smallest absolute Gasteiger partial charge is 0.118 e. The van der Waals surface area contributed by atoms with Crippen LogP contribution in [0.2, 0.25) is 0 Å². The molecule has 1 aromatic rings. The van der Waals surface area contributed by atoms with Gasteiger partial charge in [0.1, 0.15) is 5.75 Å². The number of ether oxygens (including phenoxy) is 4.